The second-order valence-corrected chi connectivity index (χ2v) is 6.70. The van der Waals surface area contributed by atoms with Crippen molar-refractivity contribution in [3.05, 3.63) is 59.7 Å². The molecule has 24 heavy (non-hydrogen) atoms. The van der Waals surface area contributed by atoms with Crippen molar-refractivity contribution in [3.63, 3.8) is 0 Å². The monoisotopic (exact) mass is 357 g/mol. The summed E-state index contributed by atoms with van der Waals surface area (Å²) in [5.74, 6) is -1.73. The van der Waals surface area contributed by atoms with Gasteiger partial charge in [0.2, 0.25) is 10.0 Å². The number of ether oxygens (including phenoxy) is 2. The van der Waals surface area contributed by atoms with Crippen LogP contribution in [0.3, 0.4) is 0 Å². The molecule has 0 saturated heterocycles. The molecule has 0 amide bonds. The Bertz CT molecular complexity index is 811. The molecule has 130 valence electrons. The van der Waals surface area contributed by atoms with Crippen molar-refractivity contribution in [2.75, 3.05) is 20.8 Å². The van der Waals surface area contributed by atoms with Crippen LogP contribution in [0, 0.1) is 11.6 Å². The van der Waals surface area contributed by atoms with Crippen LogP contribution in [0.5, 0.6) is 5.75 Å². The van der Waals surface area contributed by atoms with Crippen LogP contribution in [-0.2, 0) is 14.8 Å². The average Bonchev–Trinajstić information content (AvgIpc) is 2.58. The first-order valence-corrected chi connectivity index (χ1v) is 8.47. The molecule has 0 aliphatic carbocycles. The summed E-state index contributed by atoms with van der Waals surface area (Å²) in [4.78, 5) is -0.359. The first-order valence-electron chi connectivity index (χ1n) is 6.99. The minimum absolute atomic E-state index is 0.0784. The predicted octanol–water partition coefficient (Wildman–Crippen LogP) is 2.64. The van der Waals surface area contributed by atoms with E-state index in [0.717, 1.165) is 12.1 Å². The molecule has 5 nitrogen and oxygen atoms in total. The molecule has 0 aliphatic heterocycles. The minimum atomic E-state index is -4.00. The van der Waals surface area contributed by atoms with Crippen molar-refractivity contribution >= 4 is 10.0 Å². The van der Waals surface area contributed by atoms with Gasteiger partial charge in [-0.1, -0.05) is 12.1 Å². The van der Waals surface area contributed by atoms with E-state index in [1.165, 1.54) is 14.2 Å². The van der Waals surface area contributed by atoms with E-state index in [-0.39, 0.29) is 11.4 Å². The lowest BCUT2D eigenvalue weighted by atomic mass is 10.1. The van der Waals surface area contributed by atoms with Gasteiger partial charge in [-0.2, -0.15) is 0 Å². The molecule has 1 atom stereocenters. The maximum absolute atomic E-state index is 13.2. The molecular weight excluding hydrogens is 340 g/mol. The highest BCUT2D eigenvalue weighted by Crippen LogP contribution is 2.22. The molecule has 0 heterocycles. The molecule has 0 radical (unpaired) electrons. The number of halogens is 2. The molecule has 0 saturated carbocycles. The van der Waals surface area contributed by atoms with Gasteiger partial charge in [-0.05, 0) is 35.9 Å². The Kier molecular flexibility index (Phi) is 5.87. The van der Waals surface area contributed by atoms with Gasteiger partial charge in [-0.25, -0.2) is 21.9 Å². The summed E-state index contributed by atoms with van der Waals surface area (Å²) in [5.41, 5.74) is 0.713. The third kappa shape index (κ3) is 4.28. The van der Waals surface area contributed by atoms with Gasteiger partial charge in [0.1, 0.15) is 5.75 Å². The summed E-state index contributed by atoms with van der Waals surface area (Å²) in [6, 6.07) is 9.38. The van der Waals surface area contributed by atoms with Gasteiger partial charge >= 0.3 is 0 Å². The SMILES string of the molecule is COc1cccc(C(CNS(=O)(=O)c2ccc(F)c(F)c2)OC)c1. The van der Waals surface area contributed by atoms with E-state index in [1.807, 2.05) is 0 Å². The molecule has 0 aliphatic rings. The second-order valence-electron chi connectivity index (χ2n) is 4.93. The van der Waals surface area contributed by atoms with Gasteiger partial charge in [0.05, 0.1) is 18.1 Å². The van der Waals surface area contributed by atoms with E-state index in [9.17, 15) is 17.2 Å². The fourth-order valence-corrected chi connectivity index (χ4v) is 3.14. The van der Waals surface area contributed by atoms with Crippen molar-refractivity contribution in [2.45, 2.75) is 11.0 Å². The quantitative estimate of drug-likeness (QED) is 0.827. The fourth-order valence-electron chi connectivity index (χ4n) is 2.09. The first-order chi connectivity index (χ1) is 11.4. The number of rotatable bonds is 7. The van der Waals surface area contributed by atoms with Crippen LogP contribution >= 0.6 is 0 Å². The number of hydrogen-bond donors (Lipinski definition) is 1. The molecule has 2 rings (SSSR count). The van der Waals surface area contributed by atoms with Crippen molar-refractivity contribution < 1.29 is 26.7 Å². The third-order valence-electron chi connectivity index (χ3n) is 3.41. The highest BCUT2D eigenvalue weighted by atomic mass is 32.2. The smallest absolute Gasteiger partial charge is 0.240 e. The van der Waals surface area contributed by atoms with E-state index in [0.29, 0.717) is 17.4 Å². The average molecular weight is 357 g/mol. The highest BCUT2D eigenvalue weighted by molar-refractivity contribution is 7.89. The Morgan fingerprint density at radius 1 is 1.08 bits per heavy atom. The molecule has 1 unspecified atom stereocenters. The summed E-state index contributed by atoms with van der Waals surface area (Å²) in [6.45, 7) is -0.0784. The summed E-state index contributed by atoms with van der Waals surface area (Å²) < 4.78 is 63.3. The minimum Gasteiger partial charge on any atom is -0.497 e. The maximum Gasteiger partial charge on any atom is 0.240 e. The van der Waals surface area contributed by atoms with Crippen LogP contribution in [0.25, 0.3) is 0 Å². The summed E-state index contributed by atoms with van der Waals surface area (Å²) in [5, 5.41) is 0. The Morgan fingerprint density at radius 3 is 2.46 bits per heavy atom. The Balaban J connectivity index is 2.15. The van der Waals surface area contributed by atoms with Gasteiger partial charge in [0, 0.05) is 13.7 Å². The lowest BCUT2D eigenvalue weighted by molar-refractivity contribution is 0.107. The van der Waals surface area contributed by atoms with Crippen LogP contribution < -0.4 is 9.46 Å². The van der Waals surface area contributed by atoms with Crippen LogP contribution in [0.15, 0.2) is 47.4 Å². The zero-order valence-corrected chi connectivity index (χ0v) is 13.9. The molecule has 2 aromatic rings. The standard InChI is InChI=1S/C16H17F2NO4S/c1-22-12-5-3-4-11(8-12)16(23-2)10-19-24(20,21)13-6-7-14(17)15(18)9-13/h3-9,16,19H,10H2,1-2H3. The molecule has 0 aromatic heterocycles. The number of benzene rings is 2. The van der Waals surface area contributed by atoms with Gasteiger partial charge in [-0.3, -0.25) is 0 Å². The topological polar surface area (TPSA) is 64.6 Å². The Hall–Kier alpha value is -2.03. The van der Waals surface area contributed by atoms with Gasteiger partial charge < -0.3 is 9.47 Å². The lowest BCUT2D eigenvalue weighted by Gasteiger charge is -2.17. The first kappa shape index (κ1) is 18.3. The second kappa shape index (κ2) is 7.69. The van der Waals surface area contributed by atoms with Crippen LogP contribution in [-0.4, -0.2) is 29.2 Å². The maximum atomic E-state index is 13.2. The summed E-state index contributed by atoms with van der Waals surface area (Å²) in [6.07, 6.45) is -0.569. The molecule has 0 fully saturated rings. The zero-order valence-electron chi connectivity index (χ0n) is 13.1. The summed E-state index contributed by atoms with van der Waals surface area (Å²) >= 11 is 0. The van der Waals surface area contributed by atoms with Crippen molar-refractivity contribution in [3.8, 4) is 5.75 Å². The number of methoxy groups -OCH3 is 2. The predicted molar refractivity (Wildman–Crippen MR) is 84.3 cm³/mol. The number of sulfonamides is 1. The van der Waals surface area contributed by atoms with E-state index in [4.69, 9.17) is 9.47 Å². The van der Waals surface area contributed by atoms with Crippen molar-refractivity contribution in [2.24, 2.45) is 0 Å². The van der Waals surface area contributed by atoms with Gasteiger partial charge in [0.25, 0.3) is 0 Å². The zero-order chi connectivity index (χ0) is 17.7. The van der Waals surface area contributed by atoms with E-state index < -0.39 is 27.8 Å². The molecule has 8 heteroatoms. The third-order valence-corrected chi connectivity index (χ3v) is 4.83. The largest absolute Gasteiger partial charge is 0.497 e. The lowest BCUT2D eigenvalue weighted by Crippen LogP contribution is -2.29. The highest BCUT2D eigenvalue weighted by Gasteiger charge is 2.19. The molecular formula is C16H17F2NO4S. The molecule has 1 N–H and O–H groups in total. The molecule has 0 bridgehead atoms. The molecule has 2 aromatic carbocycles. The van der Waals surface area contributed by atoms with Crippen molar-refractivity contribution in [1.82, 2.24) is 4.72 Å². The van der Waals surface area contributed by atoms with E-state index in [1.54, 1.807) is 24.3 Å². The Labute approximate surface area is 139 Å². The van der Waals surface area contributed by atoms with Crippen LogP contribution in [0.2, 0.25) is 0 Å². The normalized spacial score (nSPS) is 12.8. The van der Waals surface area contributed by atoms with Gasteiger partial charge in [0.15, 0.2) is 11.6 Å². The van der Waals surface area contributed by atoms with E-state index >= 15 is 0 Å². The van der Waals surface area contributed by atoms with E-state index in [2.05, 4.69) is 4.72 Å². The van der Waals surface area contributed by atoms with Crippen LogP contribution in [0.1, 0.15) is 11.7 Å². The number of hydrogen-bond acceptors (Lipinski definition) is 4. The molecule has 0 spiro atoms. The van der Waals surface area contributed by atoms with Crippen LogP contribution in [0.4, 0.5) is 8.78 Å². The summed E-state index contributed by atoms with van der Waals surface area (Å²) in [7, 11) is -1.04. The number of nitrogens with one attached hydrogen (secondary N) is 1. The fraction of sp³-hybridized carbons (Fsp3) is 0.250. The Morgan fingerprint density at radius 2 is 1.83 bits per heavy atom. The van der Waals surface area contributed by atoms with Gasteiger partial charge in [-0.15, -0.1) is 0 Å². The van der Waals surface area contributed by atoms with Crippen molar-refractivity contribution in [1.29, 1.82) is 0 Å².